The smallest absolute Gasteiger partial charge is 0.127 e. The predicted molar refractivity (Wildman–Crippen MR) is 48.3 cm³/mol. The lowest BCUT2D eigenvalue weighted by atomic mass is 10.1. The van der Waals surface area contributed by atoms with Crippen LogP contribution in [0.25, 0.3) is 0 Å². The molecule has 0 aromatic heterocycles. The summed E-state index contributed by atoms with van der Waals surface area (Å²) in [6.07, 6.45) is 0.928. The molecule has 0 radical (unpaired) electrons. The van der Waals surface area contributed by atoms with Gasteiger partial charge in [0.05, 0.1) is 13.7 Å². The zero-order chi connectivity index (χ0) is 8.97. The van der Waals surface area contributed by atoms with Crippen LogP contribution in [0.1, 0.15) is 18.1 Å². The van der Waals surface area contributed by atoms with Crippen LogP contribution in [0, 0.1) is 0 Å². The van der Waals surface area contributed by atoms with Crippen molar-refractivity contribution >= 4 is 0 Å². The lowest BCUT2D eigenvalue weighted by Crippen LogP contribution is -1.96. The molecule has 1 N–H and O–H groups in total. The summed E-state index contributed by atoms with van der Waals surface area (Å²) in [5.41, 5.74) is 2.00. The minimum Gasteiger partial charge on any atom is -0.496 e. The normalized spacial score (nSPS) is 9.92. The van der Waals surface area contributed by atoms with Gasteiger partial charge in [0.1, 0.15) is 5.75 Å². The van der Waals surface area contributed by atoms with Crippen LogP contribution in [0.2, 0.25) is 0 Å². The molecule has 0 amide bonds. The fourth-order valence-electron chi connectivity index (χ4n) is 1.30. The van der Waals surface area contributed by atoms with Crippen LogP contribution in [-0.4, -0.2) is 12.2 Å². The molecule has 0 atom stereocenters. The molecule has 2 nitrogen and oxygen atoms in total. The third-order valence-electron chi connectivity index (χ3n) is 1.93. The molecule has 0 spiro atoms. The second-order valence-electron chi connectivity index (χ2n) is 2.62. The average Bonchev–Trinajstić information content (AvgIpc) is 2.16. The minimum atomic E-state index is 0.0387. The lowest BCUT2D eigenvalue weighted by molar-refractivity contribution is 0.273. The molecule has 0 saturated heterocycles. The first-order valence-electron chi connectivity index (χ1n) is 4.09. The Bertz CT molecular complexity index is 234. The van der Waals surface area contributed by atoms with E-state index < -0.39 is 0 Å². The quantitative estimate of drug-likeness (QED) is 0.741. The van der Waals surface area contributed by atoms with Gasteiger partial charge in [0.25, 0.3) is 0 Å². The molecular formula is C10H14O2. The van der Waals surface area contributed by atoms with Gasteiger partial charge in [0.15, 0.2) is 0 Å². The van der Waals surface area contributed by atoms with E-state index in [9.17, 15) is 0 Å². The fourth-order valence-corrected chi connectivity index (χ4v) is 1.30. The van der Waals surface area contributed by atoms with Gasteiger partial charge in [-0.15, -0.1) is 0 Å². The Morgan fingerprint density at radius 3 is 2.50 bits per heavy atom. The molecule has 0 saturated carbocycles. The summed E-state index contributed by atoms with van der Waals surface area (Å²) in [4.78, 5) is 0. The third kappa shape index (κ3) is 1.59. The number of methoxy groups -OCH3 is 1. The number of aryl methyl sites for hydroxylation is 1. The van der Waals surface area contributed by atoms with E-state index in [1.54, 1.807) is 7.11 Å². The zero-order valence-corrected chi connectivity index (χ0v) is 7.50. The Kier molecular flexibility index (Phi) is 3.11. The van der Waals surface area contributed by atoms with Crippen molar-refractivity contribution in [2.75, 3.05) is 7.11 Å². The Morgan fingerprint density at radius 2 is 2.00 bits per heavy atom. The van der Waals surface area contributed by atoms with E-state index in [-0.39, 0.29) is 6.61 Å². The highest BCUT2D eigenvalue weighted by Gasteiger charge is 2.05. The standard InChI is InChI=1S/C10H14O2/c1-3-8-5-4-6-9(7-11)10(8)12-2/h4-6,11H,3,7H2,1-2H3. The van der Waals surface area contributed by atoms with Crippen molar-refractivity contribution in [3.05, 3.63) is 29.3 Å². The number of ether oxygens (including phenoxy) is 1. The second-order valence-corrected chi connectivity index (χ2v) is 2.62. The molecule has 12 heavy (non-hydrogen) atoms. The monoisotopic (exact) mass is 166 g/mol. The van der Waals surface area contributed by atoms with Crippen LogP contribution in [0.3, 0.4) is 0 Å². The Morgan fingerprint density at radius 1 is 1.33 bits per heavy atom. The van der Waals surface area contributed by atoms with Gasteiger partial charge in [0, 0.05) is 5.56 Å². The van der Waals surface area contributed by atoms with Crippen LogP contribution >= 0.6 is 0 Å². The number of rotatable bonds is 3. The maximum absolute atomic E-state index is 8.99. The molecule has 1 aromatic rings. The van der Waals surface area contributed by atoms with Gasteiger partial charge in [-0.2, -0.15) is 0 Å². The number of aliphatic hydroxyl groups is 1. The van der Waals surface area contributed by atoms with Gasteiger partial charge in [-0.3, -0.25) is 0 Å². The number of para-hydroxylation sites is 1. The molecule has 66 valence electrons. The molecule has 0 aliphatic carbocycles. The number of benzene rings is 1. The van der Waals surface area contributed by atoms with Crippen molar-refractivity contribution < 1.29 is 9.84 Å². The summed E-state index contributed by atoms with van der Waals surface area (Å²) >= 11 is 0. The van der Waals surface area contributed by atoms with Gasteiger partial charge in [-0.25, -0.2) is 0 Å². The Hall–Kier alpha value is -1.02. The van der Waals surface area contributed by atoms with Crippen LogP contribution in [0.5, 0.6) is 5.75 Å². The van der Waals surface area contributed by atoms with Crippen molar-refractivity contribution in [3.8, 4) is 5.75 Å². The lowest BCUT2D eigenvalue weighted by Gasteiger charge is -2.10. The molecule has 0 unspecified atom stereocenters. The molecule has 0 fully saturated rings. The summed E-state index contributed by atoms with van der Waals surface area (Å²) < 4.78 is 5.20. The van der Waals surface area contributed by atoms with E-state index in [4.69, 9.17) is 9.84 Å². The van der Waals surface area contributed by atoms with Crippen LogP contribution in [0.4, 0.5) is 0 Å². The largest absolute Gasteiger partial charge is 0.496 e. The van der Waals surface area contributed by atoms with Crippen molar-refractivity contribution in [3.63, 3.8) is 0 Å². The fraction of sp³-hybridized carbons (Fsp3) is 0.400. The average molecular weight is 166 g/mol. The van der Waals surface area contributed by atoms with Gasteiger partial charge < -0.3 is 9.84 Å². The van der Waals surface area contributed by atoms with Crippen molar-refractivity contribution in [1.82, 2.24) is 0 Å². The summed E-state index contributed by atoms with van der Waals surface area (Å²) in [6, 6.07) is 5.82. The van der Waals surface area contributed by atoms with E-state index in [0.29, 0.717) is 0 Å². The first-order chi connectivity index (χ1) is 5.83. The topological polar surface area (TPSA) is 29.5 Å². The van der Waals surface area contributed by atoms with Gasteiger partial charge in [-0.05, 0) is 12.0 Å². The molecule has 1 rings (SSSR count). The molecule has 0 bridgehead atoms. The molecule has 0 aliphatic heterocycles. The predicted octanol–water partition coefficient (Wildman–Crippen LogP) is 1.75. The van der Waals surface area contributed by atoms with E-state index in [2.05, 4.69) is 6.92 Å². The Balaban J connectivity index is 3.13. The van der Waals surface area contributed by atoms with E-state index in [1.807, 2.05) is 18.2 Å². The molecule has 0 heterocycles. The van der Waals surface area contributed by atoms with Crippen LogP contribution in [-0.2, 0) is 13.0 Å². The van der Waals surface area contributed by atoms with Gasteiger partial charge >= 0.3 is 0 Å². The molecule has 0 aliphatic rings. The summed E-state index contributed by atoms with van der Waals surface area (Å²) in [5.74, 6) is 0.822. The summed E-state index contributed by atoms with van der Waals surface area (Å²) in [6.45, 7) is 2.11. The van der Waals surface area contributed by atoms with Gasteiger partial charge in [0.2, 0.25) is 0 Å². The first kappa shape index (κ1) is 9.07. The van der Waals surface area contributed by atoms with Crippen molar-refractivity contribution in [1.29, 1.82) is 0 Å². The summed E-state index contributed by atoms with van der Waals surface area (Å²) in [7, 11) is 1.63. The highest BCUT2D eigenvalue weighted by Crippen LogP contribution is 2.23. The van der Waals surface area contributed by atoms with Gasteiger partial charge in [-0.1, -0.05) is 25.1 Å². The summed E-state index contributed by atoms with van der Waals surface area (Å²) in [5, 5.41) is 8.99. The number of hydrogen-bond acceptors (Lipinski definition) is 2. The minimum absolute atomic E-state index is 0.0387. The maximum atomic E-state index is 8.99. The molecular weight excluding hydrogens is 152 g/mol. The third-order valence-corrected chi connectivity index (χ3v) is 1.93. The highest BCUT2D eigenvalue weighted by molar-refractivity contribution is 5.41. The van der Waals surface area contributed by atoms with E-state index >= 15 is 0 Å². The highest BCUT2D eigenvalue weighted by atomic mass is 16.5. The van der Waals surface area contributed by atoms with Crippen molar-refractivity contribution in [2.24, 2.45) is 0 Å². The first-order valence-corrected chi connectivity index (χ1v) is 4.09. The zero-order valence-electron chi connectivity index (χ0n) is 7.50. The Labute approximate surface area is 72.8 Å². The molecule has 1 aromatic carbocycles. The number of hydrogen-bond donors (Lipinski definition) is 1. The van der Waals surface area contributed by atoms with Crippen LogP contribution < -0.4 is 4.74 Å². The van der Waals surface area contributed by atoms with E-state index in [0.717, 1.165) is 23.3 Å². The molecule has 2 heteroatoms. The number of aliphatic hydroxyl groups excluding tert-OH is 1. The van der Waals surface area contributed by atoms with E-state index in [1.165, 1.54) is 0 Å². The maximum Gasteiger partial charge on any atom is 0.127 e. The van der Waals surface area contributed by atoms with Crippen molar-refractivity contribution in [2.45, 2.75) is 20.0 Å². The SMILES string of the molecule is CCc1cccc(CO)c1OC. The second kappa shape index (κ2) is 4.12. The van der Waals surface area contributed by atoms with Crippen LogP contribution in [0.15, 0.2) is 18.2 Å².